The lowest BCUT2D eigenvalue weighted by atomic mass is 10.1. The first-order valence-corrected chi connectivity index (χ1v) is 5.48. The van der Waals surface area contributed by atoms with Gasteiger partial charge in [0.15, 0.2) is 0 Å². The zero-order valence-corrected chi connectivity index (χ0v) is 9.60. The highest BCUT2D eigenvalue weighted by molar-refractivity contribution is 5.95. The predicted octanol–water partition coefficient (Wildman–Crippen LogP) is 2.48. The summed E-state index contributed by atoms with van der Waals surface area (Å²) in [5, 5.41) is 9.65. The van der Waals surface area contributed by atoms with Gasteiger partial charge in [-0.2, -0.15) is 5.26 Å². The summed E-state index contributed by atoms with van der Waals surface area (Å²) in [7, 11) is 0. The van der Waals surface area contributed by atoms with Gasteiger partial charge >= 0.3 is 0 Å². The van der Waals surface area contributed by atoms with Crippen LogP contribution in [0.15, 0.2) is 24.4 Å². The zero-order chi connectivity index (χ0) is 12.3. The number of hydrogen-bond acceptors (Lipinski definition) is 4. The van der Waals surface area contributed by atoms with Crippen molar-refractivity contribution in [3.05, 3.63) is 30.0 Å². The van der Waals surface area contributed by atoms with Crippen LogP contribution in [-0.4, -0.2) is 11.6 Å². The van der Waals surface area contributed by atoms with Crippen LogP contribution in [0.1, 0.15) is 18.9 Å². The lowest BCUT2D eigenvalue weighted by Crippen LogP contribution is -1.99. The Kier molecular flexibility index (Phi) is 3.10. The Labute approximate surface area is 99.6 Å². The van der Waals surface area contributed by atoms with Crippen molar-refractivity contribution in [3.8, 4) is 11.8 Å². The van der Waals surface area contributed by atoms with Crippen molar-refractivity contribution in [1.29, 1.82) is 5.26 Å². The Hall–Kier alpha value is -2.28. The van der Waals surface area contributed by atoms with Crippen LogP contribution in [0.25, 0.3) is 10.9 Å². The Morgan fingerprint density at radius 1 is 1.47 bits per heavy atom. The first-order valence-electron chi connectivity index (χ1n) is 5.48. The smallest absolute Gasteiger partial charge is 0.145 e. The molecule has 0 atom stereocenters. The highest BCUT2D eigenvalue weighted by Gasteiger charge is 2.09. The average molecular weight is 227 g/mol. The number of fused-ring (bicyclic) bond motifs is 1. The fourth-order valence-corrected chi connectivity index (χ4v) is 1.63. The molecule has 2 rings (SSSR count). The molecule has 0 aliphatic heterocycles. The molecule has 0 aliphatic carbocycles. The van der Waals surface area contributed by atoms with Crippen molar-refractivity contribution in [2.45, 2.75) is 13.3 Å². The van der Waals surface area contributed by atoms with E-state index in [4.69, 9.17) is 15.7 Å². The van der Waals surface area contributed by atoms with E-state index in [-0.39, 0.29) is 0 Å². The van der Waals surface area contributed by atoms with E-state index in [1.54, 1.807) is 0 Å². The molecule has 17 heavy (non-hydrogen) atoms. The molecule has 2 aromatic rings. The lowest BCUT2D eigenvalue weighted by molar-refractivity contribution is 0.320. The first-order chi connectivity index (χ1) is 8.27. The third-order valence-corrected chi connectivity index (χ3v) is 2.48. The molecule has 0 fully saturated rings. The van der Waals surface area contributed by atoms with Crippen LogP contribution in [0, 0.1) is 11.3 Å². The molecule has 0 saturated carbocycles. The second kappa shape index (κ2) is 4.71. The van der Waals surface area contributed by atoms with E-state index in [1.807, 2.05) is 31.2 Å². The van der Waals surface area contributed by atoms with E-state index in [0.29, 0.717) is 29.1 Å². The number of benzene rings is 1. The molecule has 0 bridgehead atoms. The summed E-state index contributed by atoms with van der Waals surface area (Å²) in [6.45, 7) is 2.68. The third-order valence-electron chi connectivity index (χ3n) is 2.48. The minimum Gasteiger partial charge on any atom is -0.491 e. The van der Waals surface area contributed by atoms with Gasteiger partial charge in [-0.3, -0.25) is 4.98 Å². The van der Waals surface area contributed by atoms with E-state index >= 15 is 0 Å². The Bertz CT molecular complexity index is 587. The topological polar surface area (TPSA) is 71.9 Å². The number of ether oxygens (including phenoxy) is 1. The van der Waals surface area contributed by atoms with E-state index in [2.05, 4.69) is 4.98 Å². The number of hydrogen-bond donors (Lipinski definition) is 1. The Morgan fingerprint density at radius 2 is 2.29 bits per heavy atom. The molecule has 4 nitrogen and oxygen atoms in total. The molecule has 0 amide bonds. The van der Waals surface area contributed by atoms with Gasteiger partial charge < -0.3 is 10.5 Å². The fraction of sp³-hybridized carbons (Fsp3) is 0.231. The summed E-state index contributed by atoms with van der Waals surface area (Å²) < 4.78 is 5.60. The molecule has 1 aromatic heterocycles. The SMILES string of the molecule is CCCOc1cccc2c(N)c(C#N)cnc12. The van der Waals surface area contributed by atoms with Crippen LogP contribution in [0.5, 0.6) is 5.75 Å². The quantitative estimate of drug-likeness (QED) is 0.874. The normalized spacial score (nSPS) is 10.1. The highest BCUT2D eigenvalue weighted by Crippen LogP contribution is 2.29. The van der Waals surface area contributed by atoms with Gasteiger partial charge in [-0.15, -0.1) is 0 Å². The number of nitrogens with two attached hydrogens (primary N) is 1. The van der Waals surface area contributed by atoms with Crippen molar-refractivity contribution in [1.82, 2.24) is 4.98 Å². The summed E-state index contributed by atoms with van der Waals surface area (Å²) in [5.41, 5.74) is 7.47. The molecule has 1 heterocycles. The minimum atomic E-state index is 0.394. The van der Waals surface area contributed by atoms with Crippen LogP contribution in [0.2, 0.25) is 0 Å². The number of nitrogen functional groups attached to an aromatic ring is 1. The second-order valence-electron chi connectivity index (χ2n) is 3.70. The molecule has 2 N–H and O–H groups in total. The van der Waals surface area contributed by atoms with Crippen molar-refractivity contribution < 1.29 is 4.74 Å². The van der Waals surface area contributed by atoms with E-state index in [1.165, 1.54) is 6.20 Å². The molecule has 4 heteroatoms. The minimum absolute atomic E-state index is 0.394. The first kappa shape index (κ1) is 11.2. The van der Waals surface area contributed by atoms with Gasteiger partial charge in [0, 0.05) is 11.6 Å². The largest absolute Gasteiger partial charge is 0.491 e. The van der Waals surface area contributed by atoms with Gasteiger partial charge in [0.25, 0.3) is 0 Å². The van der Waals surface area contributed by atoms with Crippen molar-refractivity contribution >= 4 is 16.6 Å². The van der Waals surface area contributed by atoms with E-state index < -0.39 is 0 Å². The molecule has 1 aromatic carbocycles. The molecular formula is C13H13N3O. The number of pyridine rings is 1. The predicted molar refractivity (Wildman–Crippen MR) is 66.7 cm³/mol. The lowest BCUT2D eigenvalue weighted by Gasteiger charge is -2.09. The third kappa shape index (κ3) is 2.00. The molecular weight excluding hydrogens is 214 g/mol. The number of aromatic nitrogens is 1. The summed E-state index contributed by atoms with van der Waals surface area (Å²) in [6, 6.07) is 7.58. The van der Waals surface area contributed by atoms with Crippen LogP contribution >= 0.6 is 0 Å². The molecule has 0 aliphatic rings. The monoisotopic (exact) mass is 227 g/mol. The molecule has 0 unspecified atom stereocenters. The second-order valence-corrected chi connectivity index (χ2v) is 3.70. The maximum atomic E-state index is 8.89. The van der Waals surface area contributed by atoms with Crippen molar-refractivity contribution in [2.75, 3.05) is 12.3 Å². The number of rotatable bonds is 3. The van der Waals surface area contributed by atoms with Gasteiger partial charge in [-0.25, -0.2) is 0 Å². The summed E-state index contributed by atoms with van der Waals surface area (Å²) in [4.78, 5) is 4.24. The maximum absolute atomic E-state index is 8.89. The number of para-hydroxylation sites is 1. The number of anilines is 1. The van der Waals surface area contributed by atoms with Crippen LogP contribution < -0.4 is 10.5 Å². The fourth-order valence-electron chi connectivity index (χ4n) is 1.63. The number of nitriles is 1. The summed E-state index contributed by atoms with van der Waals surface area (Å²) in [5.74, 6) is 0.709. The maximum Gasteiger partial charge on any atom is 0.145 e. The highest BCUT2D eigenvalue weighted by atomic mass is 16.5. The zero-order valence-electron chi connectivity index (χ0n) is 9.60. The average Bonchev–Trinajstić information content (AvgIpc) is 2.37. The molecule has 0 saturated heterocycles. The standard InChI is InChI=1S/C13H13N3O/c1-2-6-17-11-5-3-4-10-12(15)9(7-14)8-16-13(10)11/h3-5,8H,2,6H2,1H3,(H2,15,16). The molecule has 86 valence electrons. The molecule has 0 radical (unpaired) electrons. The molecule has 0 spiro atoms. The van der Waals surface area contributed by atoms with Crippen LogP contribution in [-0.2, 0) is 0 Å². The van der Waals surface area contributed by atoms with Crippen molar-refractivity contribution in [2.24, 2.45) is 0 Å². The Balaban J connectivity index is 2.59. The van der Waals surface area contributed by atoms with Crippen LogP contribution in [0.3, 0.4) is 0 Å². The summed E-state index contributed by atoms with van der Waals surface area (Å²) >= 11 is 0. The van der Waals surface area contributed by atoms with Gasteiger partial charge in [0.2, 0.25) is 0 Å². The van der Waals surface area contributed by atoms with Gasteiger partial charge in [-0.05, 0) is 12.5 Å². The van der Waals surface area contributed by atoms with Gasteiger partial charge in [0.05, 0.1) is 17.9 Å². The number of nitrogens with zero attached hydrogens (tertiary/aromatic N) is 2. The van der Waals surface area contributed by atoms with E-state index in [0.717, 1.165) is 11.8 Å². The van der Waals surface area contributed by atoms with Gasteiger partial charge in [0.1, 0.15) is 17.3 Å². The van der Waals surface area contributed by atoms with E-state index in [9.17, 15) is 0 Å². The van der Waals surface area contributed by atoms with Crippen molar-refractivity contribution in [3.63, 3.8) is 0 Å². The van der Waals surface area contributed by atoms with Crippen LogP contribution in [0.4, 0.5) is 5.69 Å². The summed E-state index contributed by atoms with van der Waals surface area (Å²) in [6.07, 6.45) is 2.42. The Morgan fingerprint density at radius 3 is 3.00 bits per heavy atom. The van der Waals surface area contributed by atoms with Gasteiger partial charge in [-0.1, -0.05) is 19.1 Å².